The molecule has 4 nitrogen and oxygen atoms in total. The van der Waals surface area contributed by atoms with Crippen molar-refractivity contribution in [1.29, 1.82) is 0 Å². The monoisotopic (exact) mass is 563 g/mol. The van der Waals surface area contributed by atoms with E-state index in [0.717, 1.165) is 64.0 Å². The van der Waals surface area contributed by atoms with Gasteiger partial charge >= 0.3 is 0 Å². The van der Waals surface area contributed by atoms with E-state index in [2.05, 4.69) is 102 Å². The van der Waals surface area contributed by atoms with Crippen LogP contribution in [0.25, 0.3) is 33.3 Å². The Kier molecular flexibility index (Phi) is 6.73. The zero-order valence-corrected chi connectivity index (χ0v) is 25.5. The number of aliphatic imine (C=N–C) groups is 2. The number of aryl methyl sites for hydroxylation is 4. The fourth-order valence-corrected chi connectivity index (χ4v) is 7.41. The Balaban J connectivity index is 1.38. The predicted octanol–water partition coefficient (Wildman–Crippen LogP) is 9.76. The maximum atomic E-state index is 6.69. The first-order chi connectivity index (χ1) is 20.9. The predicted molar refractivity (Wildman–Crippen MR) is 180 cm³/mol. The van der Waals surface area contributed by atoms with Gasteiger partial charge in [-0.05, 0) is 80.5 Å². The molecule has 0 saturated heterocycles. The van der Waals surface area contributed by atoms with Crippen LogP contribution in [-0.2, 0) is 6.42 Å². The second kappa shape index (κ2) is 10.6. The van der Waals surface area contributed by atoms with Crippen LogP contribution in [0.15, 0.2) is 100.0 Å². The average Bonchev–Trinajstić information content (AvgIpc) is 3.36. The lowest BCUT2D eigenvalue weighted by molar-refractivity contribution is 0.489. The Morgan fingerprint density at radius 2 is 1.72 bits per heavy atom. The number of hydrogen-bond acceptors (Lipinski definition) is 4. The molecule has 2 atom stereocenters. The number of allylic oxidation sites excluding steroid dienone is 1. The van der Waals surface area contributed by atoms with Gasteiger partial charge < -0.3 is 4.42 Å². The van der Waals surface area contributed by atoms with E-state index >= 15 is 0 Å². The molecule has 0 bridgehead atoms. The third-order valence-electron chi connectivity index (χ3n) is 9.21. The topological polar surface area (TPSA) is 50.8 Å². The van der Waals surface area contributed by atoms with Crippen LogP contribution >= 0.6 is 0 Å². The normalized spacial score (nSPS) is 19.7. The molecule has 5 aromatic rings. The molecule has 3 aromatic carbocycles. The van der Waals surface area contributed by atoms with E-state index in [1.54, 1.807) is 0 Å². The summed E-state index contributed by atoms with van der Waals surface area (Å²) in [5.41, 5.74) is 15.1. The molecule has 0 fully saturated rings. The summed E-state index contributed by atoms with van der Waals surface area (Å²) < 4.78 is 6.69. The SMILES string of the molecule is C=CC1=NC2CC(=C)/N=C(/CC)c3c(ccc4c3oc3nc(-c5c(C)cc(C)cc5C)ccc34)CCC2c2ccccc21. The molecule has 2 unspecified atom stereocenters. The molecular weight excluding hydrogens is 526 g/mol. The van der Waals surface area contributed by atoms with Gasteiger partial charge in [-0.1, -0.05) is 74.2 Å². The van der Waals surface area contributed by atoms with E-state index < -0.39 is 0 Å². The lowest BCUT2D eigenvalue weighted by Gasteiger charge is -2.32. The van der Waals surface area contributed by atoms with E-state index in [9.17, 15) is 0 Å². The number of fused-ring (bicyclic) bond motifs is 8. The number of benzene rings is 3. The second-order valence-electron chi connectivity index (χ2n) is 12.1. The molecule has 7 rings (SSSR count). The van der Waals surface area contributed by atoms with Crippen LogP contribution in [0.1, 0.15) is 71.0 Å². The number of pyridine rings is 1. The first kappa shape index (κ1) is 27.3. The third-order valence-corrected chi connectivity index (χ3v) is 9.21. The number of aromatic nitrogens is 1. The van der Waals surface area contributed by atoms with E-state index in [0.29, 0.717) is 12.1 Å². The summed E-state index contributed by atoms with van der Waals surface area (Å²) in [5, 5.41) is 2.11. The van der Waals surface area contributed by atoms with Crippen molar-refractivity contribution >= 4 is 33.5 Å². The highest BCUT2D eigenvalue weighted by atomic mass is 16.3. The molecule has 0 aliphatic carbocycles. The van der Waals surface area contributed by atoms with Crippen molar-refractivity contribution in [3.05, 3.63) is 125 Å². The van der Waals surface area contributed by atoms with Crippen molar-refractivity contribution in [1.82, 2.24) is 4.98 Å². The van der Waals surface area contributed by atoms with Crippen LogP contribution in [0.5, 0.6) is 0 Å². The van der Waals surface area contributed by atoms with Gasteiger partial charge in [0.1, 0.15) is 5.58 Å². The first-order valence-electron chi connectivity index (χ1n) is 15.3. The molecule has 2 aliphatic heterocycles. The van der Waals surface area contributed by atoms with Crippen LogP contribution in [0.3, 0.4) is 0 Å². The molecule has 43 heavy (non-hydrogen) atoms. The van der Waals surface area contributed by atoms with E-state index in [4.69, 9.17) is 19.4 Å². The number of rotatable bonds is 3. The standard InChI is InChI=1S/C39H37N3O/c1-7-32-28-12-10-9-11-27(28)29-15-13-26-14-16-30-31-17-18-34(36-23(4)19-22(3)20-24(36)5)42-39(31)43-38(30)37(26)33(8-2)40-25(6)21-35(29)41-32/h7,9-12,14,16-20,29,35H,1,6,8,13,15,21H2,2-5H3/b40-33-. The van der Waals surface area contributed by atoms with E-state index in [1.807, 2.05) is 6.08 Å². The van der Waals surface area contributed by atoms with Crippen LogP contribution in [0, 0.1) is 20.8 Å². The van der Waals surface area contributed by atoms with Crippen molar-refractivity contribution in [2.45, 2.75) is 65.3 Å². The van der Waals surface area contributed by atoms with Gasteiger partial charge in [0.05, 0.1) is 23.2 Å². The highest BCUT2D eigenvalue weighted by molar-refractivity contribution is 6.16. The average molecular weight is 564 g/mol. The minimum Gasteiger partial charge on any atom is -0.437 e. The third kappa shape index (κ3) is 4.57. The Labute approximate surface area is 253 Å². The van der Waals surface area contributed by atoms with Gasteiger partial charge in [-0.3, -0.25) is 9.98 Å². The van der Waals surface area contributed by atoms with Gasteiger partial charge in [0, 0.05) is 45.5 Å². The molecule has 4 heteroatoms. The highest BCUT2D eigenvalue weighted by Crippen LogP contribution is 2.41. The van der Waals surface area contributed by atoms with Crippen molar-refractivity contribution in [2.24, 2.45) is 9.98 Å². The zero-order chi connectivity index (χ0) is 29.8. The van der Waals surface area contributed by atoms with E-state index in [-0.39, 0.29) is 12.0 Å². The van der Waals surface area contributed by atoms with Gasteiger partial charge in [0.25, 0.3) is 0 Å². The molecule has 0 radical (unpaired) electrons. The summed E-state index contributed by atoms with van der Waals surface area (Å²) in [5.74, 6) is 0.277. The second-order valence-corrected chi connectivity index (χ2v) is 12.1. The maximum Gasteiger partial charge on any atom is 0.227 e. The molecule has 2 aromatic heterocycles. The maximum absolute atomic E-state index is 6.69. The summed E-state index contributed by atoms with van der Waals surface area (Å²) in [7, 11) is 0. The first-order valence-corrected chi connectivity index (χ1v) is 15.3. The smallest absolute Gasteiger partial charge is 0.227 e. The van der Waals surface area contributed by atoms with Gasteiger partial charge in [-0.15, -0.1) is 0 Å². The molecule has 4 heterocycles. The Bertz CT molecular complexity index is 2000. The summed E-state index contributed by atoms with van der Waals surface area (Å²) in [6.07, 6.45) is 5.26. The Morgan fingerprint density at radius 3 is 2.49 bits per heavy atom. The highest BCUT2D eigenvalue weighted by Gasteiger charge is 2.32. The Hall–Kier alpha value is -4.57. The molecule has 0 saturated carbocycles. The fourth-order valence-electron chi connectivity index (χ4n) is 7.41. The molecule has 0 spiro atoms. The van der Waals surface area contributed by atoms with Crippen LogP contribution in [-0.4, -0.2) is 22.4 Å². The quantitative estimate of drug-likeness (QED) is 0.219. The lowest BCUT2D eigenvalue weighted by atomic mass is 9.78. The Morgan fingerprint density at radius 1 is 0.953 bits per heavy atom. The molecule has 214 valence electrons. The fraction of sp³-hybridized carbons (Fsp3) is 0.256. The molecule has 0 amide bonds. The summed E-state index contributed by atoms with van der Waals surface area (Å²) in [6.45, 7) is 17.1. The van der Waals surface area contributed by atoms with Crippen LogP contribution < -0.4 is 0 Å². The largest absolute Gasteiger partial charge is 0.437 e. The van der Waals surface area contributed by atoms with Gasteiger partial charge in [-0.2, -0.15) is 0 Å². The molecule has 2 aliphatic rings. The number of furan rings is 1. The number of hydrogen-bond donors (Lipinski definition) is 0. The minimum atomic E-state index is 0.0880. The van der Waals surface area contributed by atoms with Gasteiger partial charge in [0.2, 0.25) is 5.71 Å². The van der Waals surface area contributed by atoms with Crippen LogP contribution in [0.4, 0.5) is 0 Å². The van der Waals surface area contributed by atoms with Gasteiger partial charge in [-0.25, -0.2) is 4.98 Å². The molecular formula is C39H37N3O. The lowest BCUT2D eigenvalue weighted by Crippen LogP contribution is -2.27. The van der Waals surface area contributed by atoms with E-state index in [1.165, 1.54) is 38.9 Å². The summed E-state index contributed by atoms with van der Waals surface area (Å²) in [4.78, 5) is 15.4. The molecule has 0 N–H and O–H groups in total. The van der Waals surface area contributed by atoms with Crippen molar-refractivity contribution in [3.8, 4) is 11.3 Å². The summed E-state index contributed by atoms with van der Waals surface area (Å²) in [6, 6.07) is 21.9. The number of nitrogens with zero attached hydrogens (tertiary/aromatic N) is 3. The van der Waals surface area contributed by atoms with Crippen molar-refractivity contribution in [3.63, 3.8) is 0 Å². The zero-order valence-electron chi connectivity index (χ0n) is 25.5. The summed E-state index contributed by atoms with van der Waals surface area (Å²) >= 11 is 0. The van der Waals surface area contributed by atoms with Crippen molar-refractivity contribution < 1.29 is 4.42 Å². The van der Waals surface area contributed by atoms with Gasteiger partial charge in [0.15, 0.2) is 0 Å². The van der Waals surface area contributed by atoms with Crippen LogP contribution in [0.2, 0.25) is 0 Å². The van der Waals surface area contributed by atoms with Crippen molar-refractivity contribution in [2.75, 3.05) is 0 Å². The minimum absolute atomic E-state index is 0.0880.